The third-order valence-corrected chi connectivity index (χ3v) is 2.96. The summed E-state index contributed by atoms with van der Waals surface area (Å²) in [6.07, 6.45) is 1.92. The van der Waals surface area contributed by atoms with E-state index in [0.29, 0.717) is 10.3 Å². The van der Waals surface area contributed by atoms with Gasteiger partial charge in [-0.05, 0) is 18.4 Å². The number of benzene rings is 1. The van der Waals surface area contributed by atoms with Crippen LogP contribution in [-0.2, 0) is 0 Å². The molecule has 2 aromatic rings. The van der Waals surface area contributed by atoms with Gasteiger partial charge in [-0.1, -0.05) is 35.5 Å². The van der Waals surface area contributed by atoms with Crippen molar-refractivity contribution in [1.29, 1.82) is 0 Å². The van der Waals surface area contributed by atoms with E-state index >= 15 is 0 Å². The summed E-state index contributed by atoms with van der Waals surface area (Å²) in [7, 11) is 1.64. The van der Waals surface area contributed by atoms with Gasteiger partial charge in [0.05, 0.1) is 12.8 Å². The Bertz CT molecular complexity index is 534. The number of methoxy groups -OCH3 is 1. The molecule has 0 aliphatic rings. The number of nitrogens with zero attached hydrogens (tertiary/aromatic N) is 2. The Morgan fingerprint density at radius 1 is 1.24 bits per heavy atom. The van der Waals surface area contributed by atoms with Gasteiger partial charge in [-0.2, -0.15) is 0 Å². The SMILES string of the molecule is COc1cccc(-c2cc(Cl)nc(SC)n2)c1. The Labute approximate surface area is 109 Å². The summed E-state index contributed by atoms with van der Waals surface area (Å²) in [5.41, 5.74) is 1.76. The quantitative estimate of drug-likeness (QED) is 0.484. The standard InChI is InChI=1S/C12H11ClN2OS/c1-16-9-5-3-4-8(6-9)10-7-11(13)15-12(14-10)17-2/h3-7H,1-2H3. The van der Waals surface area contributed by atoms with Crippen LogP contribution in [0.5, 0.6) is 5.75 Å². The van der Waals surface area contributed by atoms with E-state index in [9.17, 15) is 0 Å². The highest BCUT2D eigenvalue weighted by Gasteiger charge is 2.05. The second kappa shape index (κ2) is 5.38. The number of halogens is 1. The molecule has 0 fully saturated rings. The molecule has 0 N–H and O–H groups in total. The van der Waals surface area contributed by atoms with E-state index in [2.05, 4.69) is 9.97 Å². The molecular weight excluding hydrogens is 256 g/mol. The van der Waals surface area contributed by atoms with Crippen LogP contribution in [0.1, 0.15) is 0 Å². The molecule has 0 saturated carbocycles. The van der Waals surface area contributed by atoms with Crippen LogP contribution in [0.15, 0.2) is 35.5 Å². The summed E-state index contributed by atoms with van der Waals surface area (Å²) >= 11 is 7.42. The van der Waals surface area contributed by atoms with Crippen LogP contribution in [0.2, 0.25) is 5.15 Å². The summed E-state index contributed by atoms with van der Waals surface area (Å²) in [5, 5.41) is 1.11. The molecule has 1 aromatic heterocycles. The zero-order chi connectivity index (χ0) is 12.3. The molecule has 0 unspecified atom stereocenters. The highest BCUT2D eigenvalue weighted by molar-refractivity contribution is 7.98. The first-order valence-corrected chi connectivity index (χ1v) is 6.56. The lowest BCUT2D eigenvalue weighted by Crippen LogP contribution is -1.91. The van der Waals surface area contributed by atoms with E-state index in [1.807, 2.05) is 30.5 Å². The van der Waals surface area contributed by atoms with Crippen molar-refractivity contribution in [2.75, 3.05) is 13.4 Å². The molecule has 1 aromatic carbocycles. The second-order valence-electron chi connectivity index (χ2n) is 3.29. The lowest BCUT2D eigenvalue weighted by Gasteiger charge is -2.05. The molecule has 0 amide bonds. The number of hydrogen-bond acceptors (Lipinski definition) is 4. The first-order valence-electron chi connectivity index (χ1n) is 4.96. The summed E-state index contributed by atoms with van der Waals surface area (Å²) in [6.45, 7) is 0. The van der Waals surface area contributed by atoms with Gasteiger partial charge in [0.2, 0.25) is 0 Å². The molecule has 3 nitrogen and oxygen atoms in total. The lowest BCUT2D eigenvalue weighted by molar-refractivity contribution is 0.415. The average molecular weight is 267 g/mol. The fraction of sp³-hybridized carbons (Fsp3) is 0.167. The molecular formula is C12H11ClN2OS. The van der Waals surface area contributed by atoms with E-state index in [-0.39, 0.29) is 0 Å². The monoisotopic (exact) mass is 266 g/mol. The van der Waals surface area contributed by atoms with Gasteiger partial charge in [0.15, 0.2) is 5.16 Å². The Hall–Kier alpha value is -1.26. The fourth-order valence-corrected chi connectivity index (χ4v) is 2.03. The van der Waals surface area contributed by atoms with E-state index < -0.39 is 0 Å². The third kappa shape index (κ3) is 2.90. The summed E-state index contributed by atoms with van der Waals surface area (Å²) in [4.78, 5) is 8.52. The number of ether oxygens (including phenoxy) is 1. The molecule has 0 bridgehead atoms. The van der Waals surface area contributed by atoms with E-state index in [0.717, 1.165) is 17.0 Å². The topological polar surface area (TPSA) is 35.0 Å². The van der Waals surface area contributed by atoms with Gasteiger partial charge in [-0.3, -0.25) is 0 Å². The van der Waals surface area contributed by atoms with Gasteiger partial charge in [0.1, 0.15) is 10.9 Å². The second-order valence-corrected chi connectivity index (χ2v) is 4.46. The minimum Gasteiger partial charge on any atom is -0.497 e. The van der Waals surface area contributed by atoms with Crippen molar-refractivity contribution in [3.8, 4) is 17.0 Å². The van der Waals surface area contributed by atoms with Gasteiger partial charge >= 0.3 is 0 Å². The molecule has 88 valence electrons. The van der Waals surface area contributed by atoms with E-state index in [4.69, 9.17) is 16.3 Å². The van der Waals surface area contributed by atoms with Crippen LogP contribution in [0.3, 0.4) is 0 Å². The van der Waals surface area contributed by atoms with Crippen molar-refractivity contribution in [3.05, 3.63) is 35.5 Å². The zero-order valence-electron chi connectivity index (χ0n) is 9.48. The Balaban J connectivity index is 2.47. The van der Waals surface area contributed by atoms with Crippen molar-refractivity contribution < 1.29 is 4.74 Å². The number of rotatable bonds is 3. The van der Waals surface area contributed by atoms with Gasteiger partial charge < -0.3 is 4.74 Å². The molecule has 0 saturated heterocycles. The largest absolute Gasteiger partial charge is 0.497 e. The molecule has 1 heterocycles. The summed E-state index contributed by atoms with van der Waals surface area (Å²) < 4.78 is 5.18. The average Bonchev–Trinajstić information content (AvgIpc) is 2.38. The minimum absolute atomic E-state index is 0.446. The van der Waals surface area contributed by atoms with Crippen molar-refractivity contribution >= 4 is 23.4 Å². The Morgan fingerprint density at radius 3 is 2.76 bits per heavy atom. The molecule has 0 spiro atoms. The molecule has 0 aliphatic carbocycles. The minimum atomic E-state index is 0.446. The van der Waals surface area contributed by atoms with Crippen LogP contribution in [0, 0.1) is 0 Å². The van der Waals surface area contributed by atoms with Gasteiger partial charge in [0, 0.05) is 11.6 Å². The van der Waals surface area contributed by atoms with Gasteiger partial charge in [0.25, 0.3) is 0 Å². The molecule has 0 atom stereocenters. The first-order chi connectivity index (χ1) is 8.22. The predicted octanol–water partition coefficient (Wildman–Crippen LogP) is 3.53. The molecule has 0 radical (unpaired) electrons. The van der Waals surface area contributed by atoms with Crippen molar-refractivity contribution in [3.63, 3.8) is 0 Å². The smallest absolute Gasteiger partial charge is 0.189 e. The van der Waals surface area contributed by atoms with Crippen LogP contribution in [-0.4, -0.2) is 23.3 Å². The van der Waals surface area contributed by atoms with Gasteiger partial charge in [-0.25, -0.2) is 9.97 Å². The summed E-state index contributed by atoms with van der Waals surface area (Å²) in [6, 6.07) is 9.44. The van der Waals surface area contributed by atoms with Crippen molar-refractivity contribution in [2.24, 2.45) is 0 Å². The normalized spacial score (nSPS) is 10.3. The van der Waals surface area contributed by atoms with Crippen molar-refractivity contribution in [1.82, 2.24) is 9.97 Å². The van der Waals surface area contributed by atoms with E-state index in [1.54, 1.807) is 13.2 Å². The molecule has 0 aliphatic heterocycles. The molecule has 5 heteroatoms. The van der Waals surface area contributed by atoms with Crippen molar-refractivity contribution in [2.45, 2.75) is 5.16 Å². The zero-order valence-corrected chi connectivity index (χ0v) is 11.0. The third-order valence-electron chi connectivity index (χ3n) is 2.22. The van der Waals surface area contributed by atoms with Crippen LogP contribution < -0.4 is 4.74 Å². The predicted molar refractivity (Wildman–Crippen MR) is 70.8 cm³/mol. The number of hydrogen-bond donors (Lipinski definition) is 0. The molecule has 2 rings (SSSR count). The molecule has 17 heavy (non-hydrogen) atoms. The van der Waals surface area contributed by atoms with E-state index in [1.165, 1.54) is 11.8 Å². The fourth-order valence-electron chi connectivity index (χ4n) is 1.42. The van der Waals surface area contributed by atoms with Gasteiger partial charge in [-0.15, -0.1) is 0 Å². The maximum atomic E-state index is 5.96. The number of aromatic nitrogens is 2. The highest BCUT2D eigenvalue weighted by atomic mass is 35.5. The Morgan fingerprint density at radius 2 is 2.06 bits per heavy atom. The maximum Gasteiger partial charge on any atom is 0.189 e. The van der Waals surface area contributed by atoms with Crippen LogP contribution in [0.4, 0.5) is 0 Å². The van der Waals surface area contributed by atoms with Crippen LogP contribution >= 0.6 is 23.4 Å². The summed E-state index contributed by atoms with van der Waals surface area (Å²) in [5.74, 6) is 0.794. The number of thioether (sulfide) groups is 1. The Kier molecular flexibility index (Phi) is 3.86. The maximum absolute atomic E-state index is 5.96. The lowest BCUT2D eigenvalue weighted by atomic mass is 10.1. The van der Waals surface area contributed by atoms with Crippen LogP contribution in [0.25, 0.3) is 11.3 Å². The highest BCUT2D eigenvalue weighted by Crippen LogP contribution is 2.25. The first kappa shape index (κ1) is 12.2.